The normalized spacial score (nSPS) is 11.3. The van der Waals surface area contributed by atoms with Gasteiger partial charge in [0.25, 0.3) is 0 Å². The minimum atomic E-state index is -0.312. The van der Waals surface area contributed by atoms with Crippen LogP contribution in [0.2, 0.25) is 0 Å². The number of ketones is 1. The Morgan fingerprint density at radius 1 is 0.875 bits per heavy atom. The SMILES string of the molecule is CC(=O)c1ccc(-c2cccc[n+]2/N=C(\[O-])c2ccccc2)cc1. The van der Waals surface area contributed by atoms with E-state index in [9.17, 15) is 9.90 Å². The molecule has 0 aliphatic carbocycles. The van der Waals surface area contributed by atoms with Gasteiger partial charge in [0.05, 0.1) is 5.90 Å². The van der Waals surface area contributed by atoms with Crippen LogP contribution < -0.4 is 9.78 Å². The van der Waals surface area contributed by atoms with Crippen LogP contribution in [0, 0.1) is 0 Å². The molecule has 4 nitrogen and oxygen atoms in total. The lowest BCUT2D eigenvalue weighted by atomic mass is 10.1. The second-order valence-corrected chi connectivity index (χ2v) is 5.34. The lowest BCUT2D eigenvalue weighted by molar-refractivity contribution is -0.670. The summed E-state index contributed by atoms with van der Waals surface area (Å²) in [5, 5.41) is 16.5. The van der Waals surface area contributed by atoms with Crippen molar-refractivity contribution in [3.63, 3.8) is 0 Å². The van der Waals surface area contributed by atoms with E-state index in [-0.39, 0.29) is 11.7 Å². The van der Waals surface area contributed by atoms with Crippen LogP contribution in [0.1, 0.15) is 22.8 Å². The van der Waals surface area contributed by atoms with Crippen LogP contribution in [0.4, 0.5) is 0 Å². The molecule has 24 heavy (non-hydrogen) atoms. The third-order valence-corrected chi connectivity index (χ3v) is 3.65. The second kappa shape index (κ2) is 6.87. The number of carbonyl (C=O) groups excluding carboxylic acids is 1. The Morgan fingerprint density at radius 2 is 1.54 bits per heavy atom. The van der Waals surface area contributed by atoms with Crippen molar-refractivity contribution in [1.29, 1.82) is 0 Å². The minimum Gasteiger partial charge on any atom is -0.854 e. The van der Waals surface area contributed by atoms with Crippen molar-refractivity contribution < 1.29 is 14.6 Å². The number of pyridine rings is 1. The second-order valence-electron chi connectivity index (χ2n) is 5.34. The molecule has 4 heteroatoms. The highest BCUT2D eigenvalue weighted by Crippen LogP contribution is 2.16. The Morgan fingerprint density at radius 3 is 2.21 bits per heavy atom. The fraction of sp³-hybridized carbons (Fsp3) is 0.0500. The summed E-state index contributed by atoms with van der Waals surface area (Å²) in [6.07, 6.45) is 1.73. The average Bonchev–Trinajstić information content (AvgIpc) is 2.63. The zero-order valence-electron chi connectivity index (χ0n) is 13.2. The first kappa shape index (κ1) is 15.6. The average molecular weight is 316 g/mol. The fourth-order valence-electron chi connectivity index (χ4n) is 2.36. The molecule has 0 spiro atoms. The lowest BCUT2D eigenvalue weighted by Crippen LogP contribution is -2.35. The highest BCUT2D eigenvalue weighted by atomic mass is 16.3. The smallest absolute Gasteiger partial charge is 0.245 e. The number of benzene rings is 2. The van der Waals surface area contributed by atoms with Gasteiger partial charge in [-0.15, -0.1) is 0 Å². The van der Waals surface area contributed by atoms with Gasteiger partial charge in [-0.1, -0.05) is 47.1 Å². The number of carbonyl (C=O) groups is 1. The molecule has 0 saturated carbocycles. The lowest BCUT2D eigenvalue weighted by Gasteiger charge is -2.07. The molecule has 1 heterocycles. The van der Waals surface area contributed by atoms with Crippen molar-refractivity contribution >= 4 is 11.7 Å². The molecule has 0 radical (unpaired) electrons. The zero-order valence-corrected chi connectivity index (χ0v) is 13.2. The molecule has 1 aromatic heterocycles. The van der Waals surface area contributed by atoms with E-state index in [4.69, 9.17) is 0 Å². The van der Waals surface area contributed by atoms with Gasteiger partial charge in [-0.2, -0.15) is 0 Å². The van der Waals surface area contributed by atoms with Crippen molar-refractivity contribution in [3.8, 4) is 11.3 Å². The van der Waals surface area contributed by atoms with Gasteiger partial charge in [-0.25, -0.2) is 0 Å². The van der Waals surface area contributed by atoms with Crippen LogP contribution in [0.5, 0.6) is 0 Å². The molecule has 3 rings (SSSR count). The number of rotatable bonds is 4. The van der Waals surface area contributed by atoms with E-state index in [1.807, 2.05) is 36.4 Å². The van der Waals surface area contributed by atoms with E-state index in [1.165, 1.54) is 6.92 Å². The van der Waals surface area contributed by atoms with Crippen LogP contribution in [0.25, 0.3) is 11.3 Å². The van der Waals surface area contributed by atoms with Crippen LogP contribution in [-0.4, -0.2) is 11.7 Å². The molecular weight excluding hydrogens is 300 g/mol. The van der Waals surface area contributed by atoms with E-state index < -0.39 is 0 Å². The topological polar surface area (TPSA) is 56.4 Å². The highest BCUT2D eigenvalue weighted by molar-refractivity contribution is 5.94. The first-order valence-electron chi connectivity index (χ1n) is 7.58. The molecular formula is C20H16N2O2. The van der Waals surface area contributed by atoms with Crippen molar-refractivity contribution in [3.05, 3.63) is 90.1 Å². The van der Waals surface area contributed by atoms with Crippen LogP contribution in [-0.2, 0) is 0 Å². The predicted molar refractivity (Wildman–Crippen MR) is 90.5 cm³/mol. The molecule has 0 aliphatic heterocycles. The van der Waals surface area contributed by atoms with Crippen LogP contribution >= 0.6 is 0 Å². The molecule has 0 N–H and O–H groups in total. The first-order valence-corrected chi connectivity index (χ1v) is 7.58. The van der Waals surface area contributed by atoms with Crippen molar-refractivity contribution in [1.82, 2.24) is 0 Å². The number of hydrogen-bond acceptors (Lipinski definition) is 3. The number of nitrogens with zero attached hydrogens (tertiary/aromatic N) is 2. The standard InChI is InChI=1S/C20H16N2O2/c1-15(23)16-10-12-17(13-11-16)19-9-5-6-14-22(19)21-20(24)18-7-3-2-4-8-18/h2-14H,1H3. The maximum Gasteiger partial charge on any atom is 0.245 e. The largest absolute Gasteiger partial charge is 0.854 e. The summed E-state index contributed by atoms with van der Waals surface area (Å²) < 4.78 is 1.55. The van der Waals surface area contributed by atoms with Crippen molar-refractivity contribution in [2.75, 3.05) is 0 Å². The highest BCUT2D eigenvalue weighted by Gasteiger charge is 2.12. The van der Waals surface area contributed by atoms with Gasteiger partial charge in [0, 0.05) is 23.3 Å². The zero-order chi connectivity index (χ0) is 16.9. The van der Waals surface area contributed by atoms with Crippen molar-refractivity contribution in [2.24, 2.45) is 5.10 Å². The van der Waals surface area contributed by atoms with Gasteiger partial charge < -0.3 is 5.11 Å². The van der Waals surface area contributed by atoms with Crippen LogP contribution in [0.15, 0.2) is 84.1 Å². The molecule has 0 saturated heterocycles. The minimum absolute atomic E-state index is 0.0198. The predicted octanol–water partition coefficient (Wildman–Crippen LogP) is 2.41. The van der Waals surface area contributed by atoms with Gasteiger partial charge in [0.15, 0.2) is 5.78 Å². The Bertz CT molecular complexity index is 885. The van der Waals surface area contributed by atoms with Gasteiger partial charge in [-0.3, -0.25) is 4.79 Å². The summed E-state index contributed by atoms with van der Waals surface area (Å²) in [7, 11) is 0. The maximum absolute atomic E-state index is 12.3. The summed E-state index contributed by atoms with van der Waals surface area (Å²) >= 11 is 0. The molecule has 3 aromatic rings. The Hall–Kier alpha value is -3.27. The Kier molecular flexibility index (Phi) is 4.47. The maximum atomic E-state index is 12.3. The molecule has 0 amide bonds. The van der Waals surface area contributed by atoms with E-state index in [2.05, 4.69) is 5.10 Å². The summed E-state index contributed by atoms with van der Waals surface area (Å²) in [5.41, 5.74) is 2.84. The molecule has 0 bridgehead atoms. The van der Waals surface area contributed by atoms with Gasteiger partial charge >= 0.3 is 0 Å². The summed E-state index contributed by atoms with van der Waals surface area (Å²) in [6.45, 7) is 1.53. The van der Waals surface area contributed by atoms with Gasteiger partial charge in [0.2, 0.25) is 11.9 Å². The van der Waals surface area contributed by atoms with Crippen LogP contribution in [0.3, 0.4) is 0 Å². The van der Waals surface area contributed by atoms with Gasteiger partial charge in [-0.05, 0) is 35.8 Å². The van der Waals surface area contributed by atoms with E-state index in [0.29, 0.717) is 11.1 Å². The molecule has 0 unspecified atom stereocenters. The first-order chi connectivity index (χ1) is 11.6. The third-order valence-electron chi connectivity index (χ3n) is 3.65. The molecule has 0 aliphatic rings. The summed E-state index contributed by atoms with van der Waals surface area (Å²) in [5.74, 6) is -0.292. The Labute approximate surface area is 140 Å². The molecule has 0 atom stereocenters. The fourth-order valence-corrected chi connectivity index (χ4v) is 2.36. The number of Topliss-reactive ketones (excluding diaryl/α,β-unsaturated/α-hetero) is 1. The van der Waals surface area contributed by atoms with E-state index in [1.54, 1.807) is 47.3 Å². The van der Waals surface area contributed by atoms with E-state index >= 15 is 0 Å². The monoisotopic (exact) mass is 316 g/mol. The quantitative estimate of drug-likeness (QED) is 0.321. The van der Waals surface area contributed by atoms with Gasteiger partial charge in [0.1, 0.15) is 0 Å². The molecule has 2 aromatic carbocycles. The summed E-state index contributed by atoms with van der Waals surface area (Å²) in [4.78, 5) is 11.4. The third kappa shape index (κ3) is 3.38. The van der Waals surface area contributed by atoms with E-state index in [0.717, 1.165) is 11.3 Å². The van der Waals surface area contributed by atoms with Crippen molar-refractivity contribution in [2.45, 2.75) is 6.92 Å². The summed E-state index contributed by atoms with van der Waals surface area (Å²) in [6, 6.07) is 21.8. The number of aromatic nitrogens is 1. The number of hydrogen-bond donors (Lipinski definition) is 0. The molecule has 0 fully saturated rings. The molecule has 118 valence electrons. The Balaban J connectivity index is 2.01.